The van der Waals surface area contributed by atoms with Gasteiger partial charge in [-0.3, -0.25) is 9.59 Å². The van der Waals surface area contributed by atoms with E-state index in [2.05, 4.69) is 20.8 Å². The number of unbranched alkanes of at least 4 members (excludes halogenated alkanes) is 1. The second-order valence-corrected chi connectivity index (χ2v) is 9.54. The lowest BCUT2D eigenvalue weighted by Crippen LogP contribution is -2.28. The molecule has 0 aliphatic rings. The molecule has 2 aromatic carbocycles. The van der Waals surface area contributed by atoms with Crippen molar-refractivity contribution in [3.63, 3.8) is 0 Å². The van der Waals surface area contributed by atoms with Crippen LogP contribution in [0.5, 0.6) is 5.75 Å². The van der Waals surface area contributed by atoms with Gasteiger partial charge in [-0.1, -0.05) is 47.7 Å². The Kier molecular flexibility index (Phi) is 10.8. The fourth-order valence-corrected chi connectivity index (χ4v) is 4.28. The minimum atomic E-state index is -0.480. The summed E-state index contributed by atoms with van der Waals surface area (Å²) in [5, 5.41) is 14.7. The van der Waals surface area contributed by atoms with Gasteiger partial charge in [0.25, 0.3) is 0 Å². The number of amides is 2. The van der Waals surface area contributed by atoms with E-state index < -0.39 is 5.82 Å². The molecule has 3 rings (SSSR count). The first-order chi connectivity index (χ1) is 18.3. The molecule has 0 atom stereocenters. The van der Waals surface area contributed by atoms with Crippen LogP contribution in [-0.4, -0.2) is 29.1 Å². The van der Waals surface area contributed by atoms with E-state index in [0.29, 0.717) is 29.2 Å². The summed E-state index contributed by atoms with van der Waals surface area (Å²) in [5.41, 5.74) is 14.1. The molecule has 0 radical (unpaired) electrons. The van der Waals surface area contributed by atoms with Crippen molar-refractivity contribution in [2.24, 2.45) is 11.5 Å². The van der Waals surface area contributed by atoms with Crippen molar-refractivity contribution in [3.05, 3.63) is 94.2 Å². The maximum Gasteiger partial charge on any atom is 0.230 e. The Balaban J connectivity index is 1.36. The molecule has 0 saturated carbocycles. The van der Waals surface area contributed by atoms with Crippen LogP contribution in [0.3, 0.4) is 0 Å². The zero-order valence-electron chi connectivity index (χ0n) is 21.1. The summed E-state index contributed by atoms with van der Waals surface area (Å²) in [5.74, 6) is -0.626. The van der Waals surface area contributed by atoms with E-state index in [0.717, 1.165) is 23.4 Å². The molecule has 0 fully saturated rings. The van der Waals surface area contributed by atoms with Gasteiger partial charge >= 0.3 is 0 Å². The number of nitrogens with one attached hydrogen (secondary N) is 2. The Morgan fingerprint density at radius 2 is 1.76 bits per heavy atom. The monoisotopic (exact) mass is 538 g/mol. The molecule has 0 unspecified atom stereocenters. The third-order valence-corrected chi connectivity index (χ3v) is 6.27. The number of carbonyl (C=O) groups excluding carboxylic acids is 2. The molecule has 200 valence electrons. The zero-order valence-corrected chi connectivity index (χ0v) is 21.9. The lowest BCUT2D eigenvalue weighted by Gasteiger charge is -2.05. The second-order valence-electron chi connectivity index (χ2n) is 8.48. The highest BCUT2D eigenvalue weighted by Crippen LogP contribution is 2.20. The number of benzene rings is 2. The van der Waals surface area contributed by atoms with Crippen LogP contribution in [0.4, 0.5) is 9.52 Å². The number of nitrogens with zero attached hydrogens (tertiary/aromatic N) is 2. The minimum Gasteiger partial charge on any atom is -0.494 e. The molecule has 11 heteroatoms. The SMILES string of the molecule is COc1cc(CC(=O)Nc2nnc(CCCC/C(N)=C/C=C(\N)NC(=O)Cc3ccccc3)s2)ccc1F. The summed E-state index contributed by atoms with van der Waals surface area (Å²) < 4.78 is 18.5. The second kappa shape index (κ2) is 14.5. The fourth-order valence-electron chi connectivity index (χ4n) is 3.48. The molecular formula is C27H31FN6O3S. The molecule has 3 aromatic rings. The maximum atomic E-state index is 13.5. The summed E-state index contributed by atoms with van der Waals surface area (Å²) >= 11 is 1.31. The Hall–Kier alpha value is -4.25. The summed E-state index contributed by atoms with van der Waals surface area (Å²) in [7, 11) is 1.37. The number of ether oxygens (including phenoxy) is 1. The fraction of sp³-hybridized carbons (Fsp3) is 0.259. The number of allylic oxidation sites excluding steroid dienone is 3. The smallest absolute Gasteiger partial charge is 0.230 e. The Morgan fingerprint density at radius 3 is 2.53 bits per heavy atom. The van der Waals surface area contributed by atoms with E-state index in [1.54, 1.807) is 12.2 Å². The largest absolute Gasteiger partial charge is 0.494 e. The number of rotatable bonds is 13. The van der Waals surface area contributed by atoms with Crippen molar-refractivity contribution in [1.82, 2.24) is 15.5 Å². The molecule has 1 heterocycles. The highest BCUT2D eigenvalue weighted by atomic mass is 32.1. The average Bonchev–Trinajstić information content (AvgIpc) is 3.33. The number of hydrogen-bond donors (Lipinski definition) is 4. The van der Waals surface area contributed by atoms with Crippen molar-refractivity contribution >= 4 is 28.3 Å². The van der Waals surface area contributed by atoms with Gasteiger partial charge in [0.15, 0.2) is 11.6 Å². The van der Waals surface area contributed by atoms with E-state index in [1.807, 2.05) is 30.3 Å². The molecule has 0 spiro atoms. The maximum absolute atomic E-state index is 13.5. The van der Waals surface area contributed by atoms with E-state index in [4.69, 9.17) is 16.2 Å². The van der Waals surface area contributed by atoms with Crippen LogP contribution in [0, 0.1) is 5.82 Å². The molecular weight excluding hydrogens is 507 g/mol. The first kappa shape index (κ1) is 28.3. The minimum absolute atomic E-state index is 0.0623. The van der Waals surface area contributed by atoms with Gasteiger partial charge in [-0.2, -0.15) is 0 Å². The van der Waals surface area contributed by atoms with Crippen LogP contribution in [0.2, 0.25) is 0 Å². The van der Waals surface area contributed by atoms with Crippen molar-refractivity contribution in [2.75, 3.05) is 12.4 Å². The van der Waals surface area contributed by atoms with E-state index in [-0.39, 0.29) is 36.2 Å². The third-order valence-electron chi connectivity index (χ3n) is 5.37. The van der Waals surface area contributed by atoms with Crippen molar-refractivity contribution in [2.45, 2.75) is 38.5 Å². The van der Waals surface area contributed by atoms with Crippen molar-refractivity contribution in [1.29, 1.82) is 0 Å². The molecule has 0 aliphatic carbocycles. The van der Waals surface area contributed by atoms with Crippen LogP contribution in [0.25, 0.3) is 0 Å². The highest BCUT2D eigenvalue weighted by Gasteiger charge is 2.11. The van der Waals surface area contributed by atoms with Gasteiger partial charge in [0.2, 0.25) is 16.9 Å². The summed E-state index contributed by atoms with van der Waals surface area (Å²) in [6.07, 6.45) is 6.59. The number of anilines is 1. The molecule has 0 bridgehead atoms. The molecule has 9 nitrogen and oxygen atoms in total. The van der Waals surface area contributed by atoms with Crippen LogP contribution >= 0.6 is 11.3 Å². The Morgan fingerprint density at radius 1 is 1.00 bits per heavy atom. The van der Waals surface area contributed by atoms with Gasteiger partial charge in [0.1, 0.15) is 10.8 Å². The third kappa shape index (κ3) is 9.66. The lowest BCUT2D eigenvalue weighted by atomic mass is 10.1. The number of carbonyl (C=O) groups is 2. The lowest BCUT2D eigenvalue weighted by molar-refractivity contribution is -0.119. The quantitative estimate of drug-likeness (QED) is 0.192. The van der Waals surface area contributed by atoms with Gasteiger partial charge < -0.3 is 26.8 Å². The van der Waals surface area contributed by atoms with Gasteiger partial charge in [0.05, 0.1) is 20.0 Å². The number of hydrogen-bond acceptors (Lipinski definition) is 8. The first-order valence-corrected chi connectivity index (χ1v) is 12.8. The molecule has 2 amide bonds. The topological polar surface area (TPSA) is 145 Å². The predicted molar refractivity (Wildman–Crippen MR) is 146 cm³/mol. The zero-order chi connectivity index (χ0) is 27.3. The van der Waals surface area contributed by atoms with Gasteiger partial charge in [0, 0.05) is 12.1 Å². The molecule has 1 aromatic heterocycles. The summed E-state index contributed by atoms with van der Waals surface area (Å²) in [4.78, 5) is 24.4. The van der Waals surface area contributed by atoms with E-state index in [1.165, 1.54) is 36.6 Å². The van der Waals surface area contributed by atoms with Gasteiger partial charge in [-0.15, -0.1) is 10.2 Å². The first-order valence-electron chi connectivity index (χ1n) is 12.0. The summed E-state index contributed by atoms with van der Waals surface area (Å²) in [6.45, 7) is 0. The molecule has 38 heavy (non-hydrogen) atoms. The number of aryl methyl sites for hydroxylation is 1. The van der Waals surface area contributed by atoms with E-state index >= 15 is 0 Å². The molecule has 0 aliphatic heterocycles. The van der Waals surface area contributed by atoms with Crippen LogP contribution in [-0.2, 0) is 28.9 Å². The Bertz CT molecular complexity index is 1290. The van der Waals surface area contributed by atoms with Crippen molar-refractivity contribution in [3.8, 4) is 5.75 Å². The molecule has 6 N–H and O–H groups in total. The molecule has 0 saturated heterocycles. The van der Waals surface area contributed by atoms with Crippen LogP contribution < -0.4 is 26.8 Å². The summed E-state index contributed by atoms with van der Waals surface area (Å²) in [6, 6.07) is 13.7. The number of aromatic nitrogens is 2. The number of halogens is 1. The normalized spacial score (nSPS) is 11.7. The van der Waals surface area contributed by atoms with Crippen molar-refractivity contribution < 1.29 is 18.7 Å². The van der Waals surface area contributed by atoms with E-state index in [9.17, 15) is 14.0 Å². The average molecular weight is 539 g/mol. The number of methoxy groups -OCH3 is 1. The standard InChI is InChI=1S/C27H31FN6O3S/c1-37-22-15-19(11-13-21(22)28)17-25(36)32-27-34-33-26(38-27)10-6-5-9-20(29)12-14-23(30)31-24(35)16-18-7-3-2-4-8-18/h2-4,7-8,11-15H,5-6,9-10,16-17,29-30H2,1H3,(H,31,35)(H,32,34,36)/b20-12-,23-14+. The Labute approximate surface area is 224 Å². The van der Waals surface area contributed by atoms with Gasteiger partial charge in [-0.05, 0) is 54.7 Å². The van der Waals surface area contributed by atoms with Crippen LogP contribution in [0.1, 0.15) is 35.4 Å². The van der Waals surface area contributed by atoms with Gasteiger partial charge in [-0.25, -0.2) is 4.39 Å². The highest BCUT2D eigenvalue weighted by molar-refractivity contribution is 7.15. The predicted octanol–water partition coefficient (Wildman–Crippen LogP) is 3.58. The van der Waals surface area contributed by atoms with Crippen LogP contribution in [0.15, 0.2) is 72.2 Å². The number of nitrogens with two attached hydrogens (primary N) is 2.